The molecule has 1 atom stereocenters. The molecule has 0 aromatic heterocycles. The quantitative estimate of drug-likeness (QED) is 0.877. The van der Waals surface area contributed by atoms with Crippen molar-refractivity contribution in [2.24, 2.45) is 5.73 Å². The Labute approximate surface area is 119 Å². The molecule has 1 aromatic carbocycles. The molecular weight excluding hydrogens is 254 g/mol. The normalized spacial score (nSPS) is 35.9. The number of benzene rings is 1. The Morgan fingerprint density at radius 3 is 2.85 bits per heavy atom. The monoisotopic (exact) mass is 277 g/mol. The Morgan fingerprint density at radius 2 is 2.15 bits per heavy atom. The maximum atomic E-state index is 11.1. The second-order valence-electron chi connectivity index (χ2n) is 5.90. The highest BCUT2D eigenvalue weighted by Crippen LogP contribution is 2.53. The van der Waals surface area contributed by atoms with Crippen LogP contribution in [0.1, 0.15) is 31.7 Å². The lowest BCUT2D eigenvalue weighted by molar-refractivity contribution is -0.181. The molecule has 4 heteroatoms. The highest BCUT2D eigenvalue weighted by Gasteiger charge is 2.59. The van der Waals surface area contributed by atoms with Crippen LogP contribution in [-0.4, -0.2) is 36.6 Å². The molecule has 110 valence electrons. The Balaban J connectivity index is 1.94. The zero-order chi connectivity index (χ0) is 14.2. The predicted molar refractivity (Wildman–Crippen MR) is 76.9 cm³/mol. The van der Waals surface area contributed by atoms with Crippen LogP contribution in [0.25, 0.3) is 0 Å². The van der Waals surface area contributed by atoms with E-state index < -0.39 is 11.0 Å². The summed E-state index contributed by atoms with van der Waals surface area (Å²) in [5.74, 6) is 0.859. The van der Waals surface area contributed by atoms with Gasteiger partial charge in [-0.2, -0.15) is 0 Å². The van der Waals surface area contributed by atoms with Crippen molar-refractivity contribution in [3.05, 3.63) is 29.8 Å². The summed E-state index contributed by atoms with van der Waals surface area (Å²) in [4.78, 5) is 0. The minimum atomic E-state index is -0.776. The van der Waals surface area contributed by atoms with E-state index in [0.717, 1.165) is 17.7 Å². The molecule has 0 bridgehead atoms. The van der Waals surface area contributed by atoms with Crippen LogP contribution >= 0.6 is 0 Å². The molecule has 1 unspecified atom stereocenters. The summed E-state index contributed by atoms with van der Waals surface area (Å²) in [6.45, 7) is 3.72. The van der Waals surface area contributed by atoms with Crippen LogP contribution in [0.3, 0.4) is 0 Å². The fourth-order valence-corrected chi connectivity index (χ4v) is 3.78. The lowest BCUT2D eigenvalue weighted by atomic mass is 9.55. The van der Waals surface area contributed by atoms with Crippen molar-refractivity contribution in [1.29, 1.82) is 0 Å². The number of rotatable bonds is 4. The molecule has 20 heavy (non-hydrogen) atoms. The lowest BCUT2D eigenvalue weighted by Crippen LogP contribution is -2.65. The largest absolute Gasteiger partial charge is 0.493 e. The van der Waals surface area contributed by atoms with Crippen LogP contribution in [0.5, 0.6) is 5.75 Å². The number of fused-ring (bicyclic) bond motifs is 1. The number of ether oxygens (including phenoxy) is 2. The third-order valence-electron chi connectivity index (χ3n) is 4.96. The van der Waals surface area contributed by atoms with E-state index in [0.29, 0.717) is 32.6 Å². The van der Waals surface area contributed by atoms with Gasteiger partial charge in [0.05, 0.1) is 18.3 Å². The highest BCUT2D eigenvalue weighted by molar-refractivity contribution is 5.45. The molecule has 1 saturated carbocycles. The number of para-hydroxylation sites is 1. The van der Waals surface area contributed by atoms with Crippen molar-refractivity contribution in [2.75, 3.05) is 19.8 Å². The van der Waals surface area contributed by atoms with Gasteiger partial charge in [0, 0.05) is 37.0 Å². The summed E-state index contributed by atoms with van der Waals surface area (Å²) in [5, 5.41) is 11.1. The van der Waals surface area contributed by atoms with E-state index in [1.165, 1.54) is 0 Å². The van der Waals surface area contributed by atoms with Gasteiger partial charge < -0.3 is 20.3 Å². The fraction of sp³-hybridized carbons (Fsp3) is 0.625. The average Bonchev–Trinajstić information content (AvgIpc) is 2.45. The van der Waals surface area contributed by atoms with Crippen LogP contribution in [0.4, 0.5) is 0 Å². The van der Waals surface area contributed by atoms with Gasteiger partial charge in [0.15, 0.2) is 0 Å². The van der Waals surface area contributed by atoms with Crippen LogP contribution < -0.4 is 10.5 Å². The van der Waals surface area contributed by atoms with Crippen LogP contribution in [-0.2, 0) is 10.2 Å². The Morgan fingerprint density at radius 1 is 1.40 bits per heavy atom. The fourth-order valence-electron chi connectivity index (χ4n) is 3.78. The molecule has 3 rings (SSSR count). The molecule has 0 radical (unpaired) electrons. The zero-order valence-corrected chi connectivity index (χ0v) is 12.0. The zero-order valence-electron chi connectivity index (χ0n) is 12.0. The molecule has 1 fully saturated rings. The molecule has 0 spiro atoms. The molecule has 2 aliphatic rings. The molecule has 0 saturated heterocycles. The van der Waals surface area contributed by atoms with Crippen molar-refractivity contribution < 1.29 is 14.6 Å². The summed E-state index contributed by atoms with van der Waals surface area (Å²) in [6, 6.07) is 7.94. The summed E-state index contributed by atoms with van der Waals surface area (Å²) < 4.78 is 11.3. The van der Waals surface area contributed by atoms with Crippen LogP contribution in [0.2, 0.25) is 0 Å². The van der Waals surface area contributed by atoms with Gasteiger partial charge in [0.1, 0.15) is 5.75 Å². The van der Waals surface area contributed by atoms with Crippen molar-refractivity contribution in [3.8, 4) is 5.75 Å². The van der Waals surface area contributed by atoms with E-state index >= 15 is 0 Å². The van der Waals surface area contributed by atoms with Gasteiger partial charge in [-0.1, -0.05) is 18.2 Å². The van der Waals surface area contributed by atoms with E-state index in [2.05, 4.69) is 0 Å². The maximum absolute atomic E-state index is 11.1. The van der Waals surface area contributed by atoms with Gasteiger partial charge in [-0.05, 0) is 19.4 Å². The molecule has 0 amide bonds. The number of hydrogen-bond donors (Lipinski definition) is 2. The first-order valence-corrected chi connectivity index (χ1v) is 7.41. The summed E-state index contributed by atoms with van der Waals surface area (Å²) in [7, 11) is 0. The Kier molecular flexibility index (Phi) is 3.48. The van der Waals surface area contributed by atoms with Crippen LogP contribution in [0, 0.1) is 0 Å². The van der Waals surface area contributed by atoms with Crippen LogP contribution in [0.15, 0.2) is 24.3 Å². The SMILES string of the molecule is CCOC1CC(O)(C2(CN)CCOc3ccccc32)C1. The van der Waals surface area contributed by atoms with Crippen molar-refractivity contribution in [2.45, 2.75) is 43.3 Å². The topological polar surface area (TPSA) is 64.7 Å². The van der Waals surface area contributed by atoms with Gasteiger partial charge in [0.25, 0.3) is 0 Å². The lowest BCUT2D eigenvalue weighted by Gasteiger charge is -2.56. The first-order chi connectivity index (χ1) is 9.65. The average molecular weight is 277 g/mol. The van der Waals surface area contributed by atoms with Gasteiger partial charge in [-0.15, -0.1) is 0 Å². The molecule has 4 nitrogen and oxygen atoms in total. The van der Waals surface area contributed by atoms with Crippen molar-refractivity contribution >= 4 is 0 Å². The second-order valence-corrected chi connectivity index (χ2v) is 5.90. The summed E-state index contributed by atoms with van der Waals surface area (Å²) in [6.07, 6.45) is 2.23. The number of nitrogens with two attached hydrogens (primary N) is 1. The molecule has 1 aliphatic carbocycles. The standard InChI is InChI=1S/C16H23NO3/c1-2-19-12-9-16(18,10-12)15(11-17)7-8-20-14-6-4-3-5-13(14)15/h3-6,12,18H,2,7-11,17H2,1H3. The van der Waals surface area contributed by atoms with Crippen molar-refractivity contribution in [3.63, 3.8) is 0 Å². The van der Waals surface area contributed by atoms with Gasteiger partial charge in [-0.3, -0.25) is 0 Å². The van der Waals surface area contributed by atoms with E-state index in [9.17, 15) is 5.11 Å². The molecular formula is C16H23NO3. The van der Waals surface area contributed by atoms with Gasteiger partial charge in [-0.25, -0.2) is 0 Å². The van der Waals surface area contributed by atoms with E-state index in [1.807, 2.05) is 31.2 Å². The first-order valence-electron chi connectivity index (χ1n) is 7.41. The Hall–Kier alpha value is -1.10. The first kappa shape index (κ1) is 13.9. The minimum absolute atomic E-state index is 0.156. The molecule has 1 heterocycles. The molecule has 3 N–H and O–H groups in total. The van der Waals surface area contributed by atoms with E-state index in [4.69, 9.17) is 15.2 Å². The third-order valence-corrected chi connectivity index (χ3v) is 4.96. The summed E-state index contributed by atoms with van der Waals surface area (Å²) >= 11 is 0. The molecule has 1 aliphatic heterocycles. The van der Waals surface area contributed by atoms with Gasteiger partial charge >= 0.3 is 0 Å². The highest BCUT2D eigenvalue weighted by atomic mass is 16.5. The second kappa shape index (κ2) is 5.02. The number of hydrogen-bond acceptors (Lipinski definition) is 4. The minimum Gasteiger partial charge on any atom is -0.493 e. The number of aliphatic hydroxyl groups is 1. The van der Waals surface area contributed by atoms with E-state index in [-0.39, 0.29) is 6.10 Å². The predicted octanol–water partition coefficient (Wildman–Crippen LogP) is 1.60. The molecule has 1 aromatic rings. The van der Waals surface area contributed by atoms with Crippen molar-refractivity contribution in [1.82, 2.24) is 0 Å². The Bertz CT molecular complexity index is 484. The summed E-state index contributed by atoms with van der Waals surface area (Å²) in [5.41, 5.74) is 5.98. The van der Waals surface area contributed by atoms with E-state index in [1.54, 1.807) is 0 Å². The third kappa shape index (κ3) is 1.86. The maximum Gasteiger partial charge on any atom is 0.123 e. The van der Waals surface area contributed by atoms with Gasteiger partial charge in [0.2, 0.25) is 0 Å². The smallest absolute Gasteiger partial charge is 0.123 e.